The third kappa shape index (κ3) is 9.48. The van der Waals surface area contributed by atoms with E-state index in [2.05, 4.69) is 68.2 Å². The summed E-state index contributed by atoms with van der Waals surface area (Å²) in [6, 6.07) is 18.7. The van der Waals surface area contributed by atoms with Crippen molar-refractivity contribution in [1.29, 1.82) is 0 Å². The summed E-state index contributed by atoms with van der Waals surface area (Å²) < 4.78 is 22.7. The normalized spacial score (nSPS) is 11.8. The Morgan fingerprint density at radius 3 is 2.37 bits per heavy atom. The minimum absolute atomic E-state index is 0.430. The maximum absolute atomic E-state index is 11.2. The zero-order valence-electron chi connectivity index (χ0n) is 24.2. The summed E-state index contributed by atoms with van der Waals surface area (Å²) in [6.07, 6.45) is 13.3. The molecule has 1 unspecified atom stereocenters. The van der Waals surface area contributed by atoms with Gasteiger partial charge in [0, 0.05) is 27.1 Å². The van der Waals surface area contributed by atoms with Gasteiger partial charge in [-0.2, -0.15) is 0 Å². The molecule has 41 heavy (non-hydrogen) atoms. The maximum atomic E-state index is 11.2. The molecule has 2 aromatic carbocycles. The van der Waals surface area contributed by atoms with Gasteiger partial charge in [-0.15, -0.1) is 11.3 Å². The smallest absolute Gasteiger partial charge is 0.365 e. The standard InChI is InChI=1S/C34H41O4PS2/c1-3-5-7-9-10-11-12-13-15-28-18-21-31(40-28)27-17-19-29-26(25-27)16-20-30(34(29)37-24-14-8-6-4-2)32-22-23-33(41-32)38-39(35)36/h16-23,25,39H,3-12,14,24H2,1-2H3,(H,35,36). The molecular weight excluding hydrogens is 567 g/mol. The summed E-state index contributed by atoms with van der Waals surface area (Å²) in [4.78, 5) is 12.5. The molecule has 0 spiro atoms. The predicted octanol–water partition coefficient (Wildman–Crippen LogP) is 11.1. The van der Waals surface area contributed by atoms with Crippen LogP contribution < -0.4 is 9.26 Å². The van der Waals surface area contributed by atoms with Crippen molar-refractivity contribution >= 4 is 41.7 Å². The second-order valence-electron chi connectivity index (χ2n) is 10.3. The molecule has 4 nitrogen and oxygen atoms in total. The molecule has 0 aliphatic rings. The molecule has 0 bridgehead atoms. The molecule has 0 aliphatic heterocycles. The Bertz CT molecular complexity index is 1480. The van der Waals surface area contributed by atoms with E-state index in [1.54, 1.807) is 17.4 Å². The summed E-state index contributed by atoms with van der Waals surface area (Å²) in [6.45, 7) is 5.11. The number of hydrogen-bond acceptors (Lipinski definition) is 5. The highest BCUT2D eigenvalue weighted by atomic mass is 32.1. The van der Waals surface area contributed by atoms with Crippen LogP contribution in [0.25, 0.3) is 31.7 Å². The highest BCUT2D eigenvalue weighted by Crippen LogP contribution is 2.44. The van der Waals surface area contributed by atoms with Gasteiger partial charge >= 0.3 is 8.25 Å². The fraction of sp³-hybridized carbons (Fsp3) is 0.412. The van der Waals surface area contributed by atoms with Gasteiger partial charge in [0.25, 0.3) is 0 Å². The highest BCUT2D eigenvalue weighted by Gasteiger charge is 2.15. The van der Waals surface area contributed by atoms with Crippen LogP contribution in [0.2, 0.25) is 0 Å². The van der Waals surface area contributed by atoms with E-state index in [1.165, 1.54) is 73.1 Å². The van der Waals surface area contributed by atoms with E-state index >= 15 is 0 Å². The van der Waals surface area contributed by atoms with Crippen LogP contribution in [-0.4, -0.2) is 11.5 Å². The van der Waals surface area contributed by atoms with Crippen molar-refractivity contribution in [3.63, 3.8) is 0 Å². The minimum Gasteiger partial charge on any atom is -0.492 e. The number of fused-ring (bicyclic) bond motifs is 1. The molecule has 1 atom stereocenters. The van der Waals surface area contributed by atoms with E-state index in [9.17, 15) is 9.46 Å². The van der Waals surface area contributed by atoms with E-state index in [-0.39, 0.29) is 0 Å². The number of thiophene rings is 2. The van der Waals surface area contributed by atoms with E-state index in [1.807, 2.05) is 6.07 Å². The van der Waals surface area contributed by atoms with Crippen LogP contribution in [0.4, 0.5) is 0 Å². The van der Waals surface area contributed by atoms with E-state index < -0.39 is 8.25 Å². The molecule has 0 radical (unpaired) electrons. The molecule has 2 heterocycles. The third-order valence-electron chi connectivity index (χ3n) is 7.01. The van der Waals surface area contributed by atoms with Crippen LogP contribution in [0.1, 0.15) is 89.4 Å². The summed E-state index contributed by atoms with van der Waals surface area (Å²) in [5.41, 5.74) is 2.14. The number of benzene rings is 2. The molecule has 0 saturated heterocycles. The molecule has 7 heteroatoms. The van der Waals surface area contributed by atoms with E-state index in [4.69, 9.17) is 9.26 Å². The van der Waals surface area contributed by atoms with E-state index in [0.29, 0.717) is 11.7 Å². The quantitative estimate of drug-likeness (QED) is 0.0781. The molecule has 1 N–H and O–H groups in total. The lowest BCUT2D eigenvalue weighted by molar-refractivity contribution is 0.309. The van der Waals surface area contributed by atoms with Crippen molar-refractivity contribution in [2.75, 3.05) is 6.61 Å². The first kappa shape index (κ1) is 31.4. The van der Waals surface area contributed by atoms with Gasteiger partial charge in [0.1, 0.15) is 5.75 Å². The lowest BCUT2D eigenvalue weighted by Crippen LogP contribution is -1.99. The topological polar surface area (TPSA) is 55.8 Å². The summed E-state index contributed by atoms with van der Waals surface area (Å²) in [7, 11) is -3.04. The van der Waals surface area contributed by atoms with Crippen LogP contribution in [-0.2, 0) is 4.57 Å². The zero-order chi connectivity index (χ0) is 28.9. The average Bonchev–Trinajstić information content (AvgIpc) is 3.63. The van der Waals surface area contributed by atoms with Crippen molar-refractivity contribution in [1.82, 2.24) is 0 Å². The number of rotatable bonds is 16. The Labute approximate surface area is 253 Å². The molecule has 0 aliphatic carbocycles. The predicted molar refractivity (Wildman–Crippen MR) is 177 cm³/mol. The van der Waals surface area contributed by atoms with E-state index in [0.717, 1.165) is 51.1 Å². The number of hydrogen-bond donors (Lipinski definition) is 1. The van der Waals surface area contributed by atoms with Gasteiger partial charge in [-0.25, -0.2) is 4.57 Å². The largest absolute Gasteiger partial charge is 0.492 e. The van der Waals surface area contributed by atoms with Gasteiger partial charge in [0.2, 0.25) is 0 Å². The maximum Gasteiger partial charge on any atom is 0.365 e. The van der Waals surface area contributed by atoms with Crippen LogP contribution in [0, 0.1) is 11.8 Å². The second kappa shape index (κ2) is 16.8. The van der Waals surface area contributed by atoms with Crippen molar-refractivity contribution in [2.45, 2.75) is 84.5 Å². The Kier molecular flexibility index (Phi) is 12.8. The molecule has 218 valence electrons. The molecule has 0 fully saturated rings. The fourth-order valence-electron chi connectivity index (χ4n) is 4.82. The zero-order valence-corrected chi connectivity index (χ0v) is 26.8. The molecule has 2 aromatic heterocycles. The average molecular weight is 609 g/mol. The van der Waals surface area contributed by atoms with Gasteiger partial charge in [0.15, 0.2) is 5.06 Å². The number of ether oxygens (including phenoxy) is 1. The highest BCUT2D eigenvalue weighted by molar-refractivity contribution is 7.33. The molecular formula is C34H41O4PS2. The lowest BCUT2D eigenvalue weighted by Gasteiger charge is -2.15. The van der Waals surface area contributed by atoms with Crippen molar-refractivity contribution < 1.29 is 18.7 Å². The first-order valence-electron chi connectivity index (χ1n) is 14.9. The minimum atomic E-state index is -3.04. The van der Waals surface area contributed by atoms with Gasteiger partial charge < -0.3 is 14.2 Å². The monoisotopic (exact) mass is 608 g/mol. The molecule has 4 rings (SSSR count). The van der Waals surface area contributed by atoms with Crippen molar-refractivity contribution in [2.24, 2.45) is 0 Å². The SMILES string of the molecule is CCCCCCCCC#Cc1ccc(-c2ccc3c(OCCCCCC)c(-c4ccc(O[PH](=O)O)s4)ccc3c2)s1. The van der Waals surface area contributed by atoms with Gasteiger partial charge in [0.05, 0.1) is 11.5 Å². The Hall–Kier alpha value is -2.55. The van der Waals surface area contributed by atoms with Gasteiger partial charge in [-0.05, 0) is 66.3 Å². The van der Waals surface area contributed by atoms with Crippen LogP contribution in [0.3, 0.4) is 0 Å². The lowest BCUT2D eigenvalue weighted by atomic mass is 10.0. The summed E-state index contributed by atoms with van der Waals surface area (Å²) >= 11 is 3.09. The summed E-state index contributed by atoms with van der Waals surface area (Å²) in [5, 5.41) is 2.61. The van der Waals surface area contributed by atoms with Crippen molar-refractivity contribution in [3.8, 4) is 43.5 Å². The third-order valence-corrected chi connectivity index (χ3v) is 9.60. The molecule has 0 saturated carbocycles. The molecule has 0 amide bonds. The Morgan fingerprint density at radius 1 is 0.805 bits per heavy atom. The summed E-state index contributed by atoms with van der Waals surface area (Å²) in [5.74, 6) is 7.58. The Morgan fingerprint density at radius 2 is 1.56 bits per heavy atom. The first-order chi connectivity index (χ1) is 20.1. The molecule has 4 aromatic rings. The van der Waals surface area contributed by atoms with Crippen LogP contribution in [0.5, 0.6) is 10.8 Å². The number of unbranched alkanes of at least 4 members (excludes halogenated alkanes) is 9. The first-order valence-corrected chi connectivity index (χ1v) is 17.8. The van der Waals surface area contributed by atoms with Crippen LogP contribution >= 0.6 is 30.9 Å². The van der Waals surface area contributed by atoms with Crippen LogP contribution in [0.15, 0.2) is 54.6 Å². The van der Waals surface area contributed by atoms with Gasteiger partial charge in [-0.3, -0.25) is 0 Å². The second-order valence-corrected chi connectivity index (χ2v) is 13.1. The Balaban J connectivity index is 1.52. The van der Waals surface area contributed by atoms with Crippen molar-refractivity contribution in [3.05, 3.63) is 59.5 Å². The van der Waals surface area contributed by atoms with Gasteiger partial charge in [-0.1, -0.05) is 101 Å². The fourth-order valence-corrected chi connectivity index (χ4v) is 7.07.